The number of nitrogens with zero attached hydrogens (tertiary/aromatic N) is 1. The maximum atomic E-state index is 13.1. The Morgan fingerprint density at radius 2 is 2.46 bits per heavy atom. The van der Waals surface area contributed by atoms with Gasteiger partial charge in [0.25, 0.3) is 5.70 Å². The van der Waals surface area contributed by atoms with Crippen LogP contribution in [-0.2, 0) is 0 Å². The van der Waals surface area contributed by atoms with Crippen LogP contribution in [0.3, 0.4) is 0 Å². The minimum Gasteiger partial charge on any atom is -0.373 e. The van der Waals surface area contributed by atoms with Crippen molar-refractivity contribution in [2.75, 3.05) is 5.33 Å². The van der Waals surface area contributed by atoms with Gasteiger partial charge in [-0.2, -0.15) is 0 Å². The van der Waals surface area contributed by atoms with E-state index < -0.39 is 16.8 Å². The van der Waals surface area contributed by atoms with Gasteiger partial charge in [0.15, 0.2) is 0 Å². The normalized spacial score (nSPS) is 22.4. The quantitative estimate of drug-likeness (QED) is 0.461. The van der Waals surface area contributed by atoms with Crippen molar-refractivity contribution in [1.82, 2.24) is 5.32 Å². The highest BCUT2D eigenvalue weighted by molar-refractivity contribution is 9.09. The van der Waals surface area contributed by atoms with Crippen LogP contribution in [0.15, 0.2) is 23.3 Å². The number of halogens is 2. The smallest absolute Gasteiger partial charge is 0.290 e. The summed E-state index contributed by atoms with van der Waals surface area (Å²) in [4.78, 5) is 9.79. The van der Waals surface area contributed by atoms with Crippen molar-refractivity contribution >= 4 is 15.9 Å². The van der Waals surface area contributed by atoms with Crippen molar-refractivity contribution in [3.8, 4) is 0 Å². The fourth-order valence-corrected chi connectivity index (χ4v) is 1.52. The molecule has 0 radical (unpaired) electrons. The van der Waals surface area contributed by atoms with Gasteiger partial charge in [0.1, 0.15) is 5.83 Å². The Hall–Kier alpha value is -0.910. The monoisotopic (exact) mass is 250 g/mol. The third-order valence-electron chi connectivity index (χ3n) is 1.73. The van der Waals surface area contributed by atoms with Crippen LogP contribution in [0, 0.1) is 10.1 Å². The lowest BCUT2D eigenvalue weighted by molar-refractivity contribution is -0.421. The maximum absolute atomic E-state index is 13.1. The van der Waals surface area contributed by atoms with E-state index in [1.807, 2.05) is 0 Å². The van der Waals surface area contributed by atoms with E-state index in [1.165, 1.54) is 0 Å². The highest BCUT2D eigenvalue weighted by atomic mass is 79.9. The second-order valence-corrected chi connectivity index (χ2v) is 3.30. The van der Waals surface area contributed by atoms with Gasteiger partial charge in [-0.25, -0.2) is 4.39 Å². The van der Waals surface area contributed by atoms with Gasteiger partial charge in [-0.15, -0.1) is 0 Å². The Morgan fingerprint density at radius 3 is 2.92 bits per heavy atom. The molecule has 0 saturated carbocycles. The van der Waals surface area contributed by atoms with Gasteiger partial charge in [-0.05, 0) is 6.92 Å². The molecule has 1 atom stereocenters. The minimum atomic E-state index is -0.605. The standard InChI is InChI=1S/C7H8BrFN2O2/c1-4-7(11(12)13)2-5(9)6(3-8)10-4/h2,6,10H,3H2,1H3. The number of alkyl halides is 1. The van der Waals surface area contributed by atoms with E-state index in [2.05, 4.69) is 21.2 Å². The van der Waals surface area contributed by atoms with E-state index in [1.54, 1.807) is 6.92 Å². The number of hydrogen-bond acceptors (Lipinski definition) is 3. The van der Waals surface area contributed by atoms with Gasteiger partial charge in [0.2, 0.25) is 0 Å². The van der Waals surface area contributed by atoms with Crippen LogP contribution < -0.4 is 5.32 Å². The van der Waals surface area contributed by atoms with Gasteiger partial charge in [-0.3, -0.25) is 10.1 Å². The molecule has 72 valence electrons. The summed E-state index contributed by atoms with van der Waals surface area (Å²) in [5, 5.41) is 13.5. The predicted octanol–water partition coefficient (Wildman–Crippen LogP) is 1.71. The van der Waals surface area contributed by atoms with Gasteiger partial charge < -0.3 is 5.32 Å². The van der Waals surface area contributed by atoms with Crippen molar-refractivity contribution in [2.24, 2.45) is 0 Å². The molecule has 0 fully saturated rings. The first-order chi connectivity index (χ1) is 6.06. The number of nitro groups is 1. The summed E-state index contributed by atoms with van der Waals surface area (Å²) in [7, 11) is 0. The summed E-state index contributed by atoms with van der Waals surface area (Å²) in [6.07, 6.45) is 0.956. The second-order valence-electron chi connectivity index (χ2n) is 2.65. The van der Waals surface area contributed by atoms with E-state index >= 15 is 0 Å². The molecule has 0 aliphatic carbocycles. The first kappa shape index (κ1) is 10.2. The second kappa shape index (κ2) is 3.87. The summed E-state index contributed by atoms with van der Waals surface area (Å²) in [6.45, 7) is 1.55. The zero-order valence-electron chi connectivity index (χ0n) is 6.88. The minimum absolute atomic E-state index is 0.213. The summed E-state index contributed by atoms with van der Waals surface area (Å²) in [6, 6.07) is -0.497. The Kier molecular flexibility index (Phi) is 3.02. The van der Waals surface area contributed by atoms with E-state index in [4.69, 9.17) is 0 Å². The van der Waals surface area contributed by atoms with Crippen LogP contribution in [-0.4, -0.2) is 16.3 Å². The topological polar surface area (TPSA) is 55.2 Å². The molecule has 1 aliphatic rings. The SMILES string of the molecule is CC1=C([N+](=O)[O-])C=C(F)C(CBr)N1. The molecular formula is C7H8BrFN2O2. The number of allylic oxidation sites excluding steroid dienone is 2. The van der Waals surface area contributed by atoms with Crippen molar-refractivity contribution in [3.05, 3.63) is 33.4 Å². The zero-order chi connectivity index (χ0) is 10.0. The molecule has 4 nitrogen and oxygen atoms in total. The third-order valence-corrected chi connectivity index (χ3v) is 2.38. The highest BCUT2D eigenvalue weighted by Gasteiger charge is 2.25. The lowest BCUT2D eigenvalue weighted by atomic mass is 10.1. The lowest BCUT2D eigenvalue weighted by Gasteiger charge is -2.19. The molecule has 1 aliphatic heterocycles. The summed E-state index contributed by atoms with van der Waals surface area (Å²) in [5.74, 6) is -0.519. The molecule has 0 bridgehead atoms. The number of hydrogen-bond donors (Lipinski definition) is 1. The van der Waals surface area contributed by atoms with E-state index in [0.29, 0.717) is 11.0 Å². The fraction of sp³-hybridized carbons (Fsp3) is 0.429. The lowest BCUT2D eigenvalue weighted by Crippen LogP contribution is -2.34. The Bertz CT molecular complexity index is 301. The zero-order valence-corrected chi connectivity index (χ0v) is 8.47. The largest absolute Gasteiger partial charge is 0.373 e. The van der Waals surface area contributed by atoms with Crippen molar-refractivity contribution < 1.29 is 9.31 Å². The molecular weight excluding hydrogens is 243 g/mol. The Morgan fingerprint density at radius 1 is 1.85 bits per heavy atom. The molecule has 0 aromatic carbocycles. The summed E-state index contributed by atoms with van der Waals surface area (Å²) >= 11 is 3.10. The van der Waals surface area contributed by atoms with Crippen LogP contribution in [0.4, 0.5) is 4.39 Å². The molecule has 1 unspecified atom stereocenters. The summed E-state index contributed by atoms with van der Waals surface area (Å²) in [5.41, 5.74) is 0.172. The molecule has 0 spiro atoms. The highest BCUT2D eigenvalue weighted by Crippen LogP contribution is 2.19. The molecule has 6 heteroatoms. The molecule has 13 heavy (non-hydrogen) atoms. The average molecular weight is 251 g/mol. The van der Waals surface area contributed by atoms with Gasteiger partial charge in [0.05, 0.1) is 22.7 Å². The van der Waals surface area contributed by atoms with Crippen molar-refractivity contribution in [3.63, 3.8) is 0 Å². The molecule has 0 aromatic rings. The number of dihydropyridines is 1. The Balaban J connectivity index is 2.96. The van der Waals surface area contributed by atoms with Crippen molar-refractivity contribution in [2.45, 2.75) is 13.0 Å². The number of rotatable bonds is 2. The molecule has 0 saturated heterocycles. The molecule has 1 rings (SSSR count). The van der Waals surface area contributed by atoms with E-state index in [0.717, 1.165) is 6.08 Å². The molecule has 0 aromatic heterocycles. The van der Waals surface area contributed by atoms with Crippen LogP contribution >= 0.6 is 15.9 Å². The van der Waals surface area contributed by atoms with Crippen LogP contribution in [0.2, 0.25) is 0 Å². The summed E-state index contributed by atoms with van der Waals surface area (Å²) < 4.78 is 13.1. The van der Waals surface area contributed by atoms with Gasteiger partial charge >= 0.3 is 0 Å². The first-order valence-electron chi connectivity index (χ1n) is 3.61. The fourth-order valence-electron chi connectivity index (χ4n) is 1.05. The molecule has 0 amide bonds. The maximum Gasteiger partial charge on any atom is 0.290 e. The van der Waals surface area contributed by atoms with Gasteiger partial charge in [0, 0.05) is 5.33 Å². The van der Waals surface area contributed by atoms with Crippen LogP contribution in [0.5, 0.6) is 0 Å². The van der Waals surface area contributed by atoms with Crippen LogP contribution in [0.1, 0.15) is 6.92 Å². The van der Waals surface area contributed by atoms with E-state index in [-0.39, 0.29) is 5.70 Å². The Labute approximate surface area is 82.8 Å². The third kappa shape index (κ3) is 2.06. The van der Waals surface area contributed by atoms with Gasteiger partial charge in [-0.1, -0.05) is 15.9 Å². The average Bonchev–Trinajstić information content (AvgIpc) is 2.07. The first-order valence-corrected chi connectivity index (χ1v) is 4.73. The predicted molar refractivity (Wildman–Crippen MR) is 49.6 cm³/mol. The van der Waals surface area contributed by atoms with E-state index in [9.17, 15) is 14.5 Å². The molecule has 1 heterocycles. The van der Waals surface area contributed by atoms with Crippen LogP contribution in [0.25, 0.3) is 0 Å². The number of nitrogens with one attached hydrogen (secondary N) is 1. The van der Waals surface area contributed by atoms with Crippen molar-refractivity contribution in [1.29, 1.82) is 0 Å². The molecule has 1 N–H and O–H groups in total.